The van der Waals surface area contributed by atoms with Gasteiger partial charge in [0.05, 0.1) is 0 Å². The molecule has 0 N–H and O–H groups in total. The average Bonchev–Trinajstić information content (AvgIpc) is 2.62. The fourth-order valence-corrected chi connectivity index (χ4v) is 1.99. The van der Waals surface area contributed by atoms with Crippen LogP contribution in [0.1, 0.15) is 5.69 Å². The number of fused-ring (bicyclic) bond motifs is 1. The summed E-state index contributed by atoms with van der Waals surface area (Å²) in [6.45, 7) is 0. The molecule has 20 heavy (non-hydrogen) atoms. The van der Waals surface area contributed by atoms with Crippen LogP contribution in [0.15, 0.2) is 36.5 Å². The first kappa shape index (κ1) is 14.6. The van der Waals surface area contributed by atoms with Gasteiger partial charge >= 0.3 is 5.92 Å². The number of hydrogen-bond acceptors (Lipinski definition) is 3. The molecule has 0 atom stereocenters. The monoisotopic (exact) mass is 451 g/mol. The SMILES string of the molecule is O=C1[C-]=C(c2nccc3ccccc23)C(=O)C1(F)F.[Ir]. The fourth-order valence-electron chi connectivity index (χ4n) is 1.99. The fraction of sp³-hybridized carbons (Fsp3) is 0.0714. The van der Waals surface area contributed by atoms with Gasteiger partial charge in [-0.3, -0.25) is 0 Å². The van der Waals surface area contributed by atoms with E-state index >= 15 is 0 Å². The summed E-state index contributed by atoms with van der Waals surface area (Å²) < 4.78 is 26.5. The van der Waals surface area contributed by atoms with Gasteiger partial charge in [-0.2, -0.15) is 0 Å². The molecule has 103 valence electrons. The van der Waals surface area contributed by atoms with Crippen LogP contribution in [0.3, 0.4) is 0 Å². The maximum Gasteiger partial charge on any atom is 0.316 e. The van der Waals surface area contributed by atoms with Crippen molar-refractivity contribution in [3.8, 4) is 0 Å². The summed E-state index contributed by atoms with van der Waals surface area (Å²) in [5.41, 5.74) is -0.388. The quantitative estimate of drug-likeness (QED) is 0.495. The van der Waals surface area contributed by atoms with Crippen LogP contribution < -0.4 is 0 Å². The van der Waals surface area contributed by atoms with Crippen molar-refractivity contribution in [2.75, 3.05) is 0 Å². The molecule has 1 heterocycles. The number of hydrogen-bond donors (Lipinski definition) is 0. The Morgan fingerprint density at radius 3 is 2.45 bits per heavy atom. The van der Waals surface area contributed by atoms with Gasteiger partial charge in [-0.1, -0.05) is 24.3 Å². The van der Waals surface area contributed by atoms with Crippen molar-refractivity contribution in [3.05, 3.63) is 48.3 Å². The zero-order valence-electron chi connectivity index (χ0n) is 9.82. The van der Waals surface area contributed by atoms with E-state index in [1.54, 1.807) is 30.3 Å². The van der Waals surface area contributed by atoms with Crippen LogP contribution in [0.5, 0.6) is 0 Å². The molecule has 1 aliphatic carbocycles. The number of benzene rings is 1. The van der Waals surface area contributed by atoms with E-state index in [9.17, 15) is 18.4 Å². The molecular formula is C14H6F2IrNO2-. The number of rotatable bonds is 1. The number of nitrogens with zero attached hydrogens (tertiary/aromatic N) is 1. The molecule has 0 bridgehead atoms. The van der Waals surface area contributed by atoms with Gasteiger partial charge in [0.15, 0.2) is 5.78 Å². The Balaban J connectivity index is 0.00000147. The zero-order valence-corrected chi connectivity index (χ0v) is 12.2. The van der Waals surface area contributed by atoms with Gasteiger partial charge in [-0.05, 0) is 22.5 Å². The van der Waals surface area contributed by atoms with Gasteiger partial charge in [0.2, 0.25) is 0 Å². The molecule has 0 spiro atoms. The Morgan fingerprint density at radius 1 is 1.10 bits per heavy atom. The summed E-state index contributed by atoms with van der Waals surface area (Å²) in [7, 11) is 0. The number of aromatic nitrogens is 1. The van der Waals surface area contributed by atoms with Crippen LogP contribution in [0.25, 0.3) is 16.3 Å². The summed E-state index contributed by atoms with van der Waals surface area (Å²) in [6.07, 6.45) is 3.32. The predicted octanol–water partition coefficient (Wildman–Crippen LogP) is 2.21. The van der Waals surface area contributed by atoms with E-state index < -0.39 is 23.1 Å². The molecule has 1 aromatic carbocycles. The van der Waals surface area contributed by atoms with E-state index in [0.29, 0.717) is 5.39 Å². The molecular weight excluding hydrogens is 444 g/mol. The summed E-state index contributed by atoms with van der Waals surface area (Å²) >= 11 is 0. The first-order chi connectivity index (χ1) is 9.01. The number of pyridine rings is 1. The second-order valence-corrected chi connectivity index (χ2v) is 4.11. The normalized spacial score (nSPS) is 17.0. The van der Waals surface area contributed by atoms with E-state index in [-0.39, 0.29) is 25.8 Å². The maximum atomic E-state index is 13.3. The number of alkyl halides is 2. The second kappa shape index (κ2) is 4.96. The van der Waals surface area contributed by atoms with Crippen LogP contribution in [0, 0.1) is 6.08 Å². The third-order valence-electron chi connectivity index (χ3n) is 2.95. The second-order valence-electron chi connectivity index (χ2n) is 4.11. The third kappa shape index (κ3) is 2.01. The van der Waals surface area contributed by atoms with E-state index in [1.165, 1.54) is 6.20 Å². The first-order valence-corrected chi connectivity index (χ1v) is 5.47. The number of Topliss-reactive ketones (excluding diaryl/α,β-unsaturated/α-hetero) is 2. The molecule has 0 amide bonds. The van der Waals surface area contributed by atoms with Gasteiger partial charge < -0.3 is 14.6 Å². The van der Waals surface area contributed by atoms with Gasteiger partial charge in [0.1, 0.15) is 5.78 Å². The van der Waals surface area contributed by atoms with Crippen molar-refractivity contribution in [3.63, 3.8) is 0 Å². The minimum absolute atomic E-state index is 0. The molecule has 3 rings (SSSR count). The molecule has 2 aromatic rings. The molecule has 1 aliphatic rings. The molecule has 6 heteroatoms. The van der Waals surface area contributed by atoms with E-state index in [4.69, 9.17) is 0 Å². The third-order valence-corrected chi connectivity index (χ3v) is 2.95. The van der Waals surface area contributed by atoms with Gasteiger partial charge in [-0.15, -0.1) is 11.6 Å². The molecule has 1 radical (unpaired) electrons. The predicted molar refractivity (Wildman–Crippen MR) is 63.4 cm³/mol. The number of carbonyl (C=O) groups is 2. The summed E-state index contributed by atoms with van der Waals surface area (Å²) in [4.78, 5) is 26.6. The van der Waals surface area contributed by atoms with Gasteiger partial charge in [0, 0.05) is 26.3 Å². The Labute approximate surface area is 126 Å². The number of halogens is 2. The summed E-state index contributed by atoms with van der Waals surface area (Å²) in [5.74, 6) is -7.17. The Kier molecular flexibility index (Phi) is 3.63. The standard InChI is InChI=1S/C14H6F2NO2.Ir/c15-14(16)11(18)7-10(13(14)19)12-9-4-2-1-3-8(9)5-6-17-12;/h1-6H;/q-1;. The van der Waals surface area contributed by atoms with E-state index in [1.807, 2.05) is 6.08 Å². The topological polar surface area (TPSA) is 47.0 Å². The molecule has 0 aliphatic heterocycles. The molecule has 0 saturated carbocycles. The van der Waals surface area contributed by atoms with Crippen molar-refractivity contribution < 1.29 is 38.5 Å². The Bertz CT molecular complexity index is 750. The number of allylic oxidation sites excluding steroid dienone is 2. The van der Waals surface area contributed by atoms with Crippen molar-refractivity contribution in [1.82, 2.24) is 4.98 Å². The van der Waals surface area contributed by atoms with E-state index in [2.05, 4.69) is 4.98 Å². The van der Waals surface area contributed by atoms with E-state index in [0.717, 1.165) is 5.39 Å². The van der Waals surface area contributed by atoms with Gasteiger partial charge in [-0.25, -0.2) is 8.78 Å². The van der Waals surface area contributed by atoms with Crippen molar-refractivity contribution in [2.45, 2.75) is 5.92 Å². The minimum atomic E-state index is -4.02. The number of carbonyl (C=O) groups excluding carboxylic acids is 2. The van der Waals surface area contributed by atoms with Crippen LogP contribution >= 0.6 is 0 Å². The van der Waals surface area contributed by atoms with Crippen molar-refractivity contribution in [1.29, 1.82) is 0 Å². The molecule has 0 fully saturated rings. The smallest absolute Gasteiger partial charge is 0.316 e. The molecule has 1 aromatic heterocycles. The van der Waals surface area contributed by atoms with Crippen LogP contribution in [-0.2, 0) is 29.7 Å². The average molecular weight is 450 g/mol. The Hall–Kier alpha value is -1.78. The molecule has 3 nitrogen and oxygen atoms in total. The number of ketones is 2. The van der Waals surface area contributed by atoms with Crippen LogP contribution in [0.2, 0.25) is 0 Å². The van der Waals surface area contributed by atoms with Crippen molar-refractivity contribution >= 4 is 27.9 Å². The maximum absolute atomic E-state index is 13.3. The minimum Gasteiger partial charge on any atom is -0.364 e. The summed E-state index contributed by atoms with van der Waals surface area (Å²) in [6, 6.07) is 8.59. The Morgan fingerprint density at radius 2 is 1.80 bits per heavy atom. The van der Waals surface area contributed by atoms with Crippen molar-refractivity contribution in [2.24, 2.45) is 0 Å². The van der Waals surface area contributed by atoms with Gasteiger partial charge in [0.25, 0.3) is 0 Å². The van der Waals surface area contributed by atoms with Crippen LogP contribution in [0.4, 0.5) is 8.78 Å². The molecule has 0 saturated heterocycles. The summed E-state index contributed by atoms with van der Waals surface area (Å²) in [5, 5.41) is 1.28. The largest absolute Gasteiger partial charge is 0.364 e. The van der Waals surface area contributed by atoms with Crippen LogP contribution in [-0.4, -0.2) is 22.5 Å². The first-order valence-electron chi connectivity index (χ1n) is 5.47. The zero-order chi connectivity index (χ0) is 13.6. The molecule has 0 unspecified atom stereocenters.